The summed E-state index contributed by atoms with van der Waals surface area (Å²) in [5.74, 6) is 3.26. The predicted octanol–water partition coefficient (Wildman–Crippen LogP) is 4.13. The van der Waals surface area contributed by atoms with Gasteiger partial charge in [0.1, 0.15) is 5.75 Å². The van der Waals surface area contributed by atoms with Crippen LogP contribution in [0.2, 0.25) is 0 Å². The predicted molar refractivity (Wildman–Crippen MR) is 98.6 cm³/mol. The summed E-state index contributed by atoms with van der Waals surface area (Å²) in [4.78, 5) is 14.1. The van der Waals surface area contributed by atoms with Crippen LogP contribution in [-0.2, 0) is 6.42 Å². The Morgan fingerprint density at radius 1 is 1.33 bits per heavy atom. The highest BCUT2D eigenvalue weighted by molar-refractivity contribution is 5.71. The Morgan fingerprint density at radius 2 is 2.17 bits per heavy atom. The van der Waals surface area contributed by atoms with Gasteiger partial charge in [0.2, 0.25) is 0 Å². The second-order valence-electron chi connectivity index (χ2n) is 6.25. The number of hydrogen-bond acceptors (Lipinski definition) is 3. The fourth-order valence-corrected chi connectivity index (χ4v) is 3.03. The molecule has 1 aliphatic rings. The Labute approximate surface area is 145 Å². The van der Waals surface area contributed by atoms with Crippen LogP contribution in [0.1, 0.15) is 51.0 Å². The molecule has 2 rings (SSSR count). The number of amides is 1. The molecule has 4 nitrogen and oxygen atoms in total. The normalized spacial score (nSPS) is 13.1. The van der Waals surface area contributed by atoms with Gasteiger partial charge in [0.25, 0.3) is 0 Å². The number of carbonyl (C=O) groups excluding carboxylic acids is 1. The van der Waals surface area contributed by atoms with E-state index in [1.165, 1.54) is 24.8 Å². The first-order valence-corrected chi connectivity index (χ1v) is 9.01. The average molecular weight is 328 g/mol. The lowest BCUT2D eigenvalue weighted by molar-refractivity contribution is 0.200. The number of hydrogen-bond donors (Lipinski definition) is 1. The third-order valence-electron chi connectivity index (χ3n) is 4.31. The molecule has 1 aliphatic heterocycles. The first kappa shape index (κ1) is 18.2. The largest absolute Gasteiger partial charge is 0.412 e. The maximum Gasteiger partial charge on any atom is 0.412 e. The van der Waals surface area contributed by atoms with E-state index in [0.717, 1.165) is 37.9 Å². The van der Waals surface area contributed by atoms with Gasteiger partial charge in [0.05, 0.1) is 6.54 Å². The molecule has 4 heteroatoms. The zero-order valence-electron chi connectivity index (χ0n) is 14.6. The number of aryl methyl sites for hydroxylation is 1. The Hall–Kier alpha value is -2.15. The van der Waals surface area contributed by atoms with Crippen molar-refractivity contribution in [3.8, 4) is 18.1 Å². The summed E-state index contributed by atoms with van der Waals surface area (Å²) in [5.41, 5.74) is 2.35. The molecule has 0 aliphatic carbocycles. The van der Waals surface area contributed by atoms with E-state index in [9.17, 15) is 4.79 Å². The van der Waals surface area contributed by atoms with Gasteiger partial charge in [0.15, 0.2) is 0 Å². The highest BCUT2D eigenvalue weighted by Crippen LogP contribution is 2.30. The lowest BCUT2D eigenvalue weighted by Gasteiger charge is -2.29. The maximum atomic E-state index is 11.9. The molecule has 0 atom stereocenters. The van der Waals surface area contributed by atoms with Crippen LogP contribution in [0.3, 0.4) is 0 Å². The highest BCUT2D eigenvalue weighted by atomic mass is 16.6. The molecule has 0 saturated carbocycles. The van der Waals surface area contributed by atoms with E-state index in [0.29, 0.717) is 18.8 Å². The van der Waals surface area contributed by atoms with E-state index in [1.807, 2.05) is 18.2 Å². The number of benzene rings is 1. The van der Waals surface area contributed by atoms with Crippen LogP contribution >= 0.6 is 0 Å². The third kappa shape index (κ3) is 5.49. The van der Waals surface area contributed by atoms with Crippen LogP contribution in [0.15, 0.2) is 18.2 Å². The van der Waals surface area contributed by atoms with Crippen molar-refractivity contribution in [1.82, 2.24) is 5.32 Å². The van der Waals surface area contributed by atoms with E-state index >= 15 is 0 Å². The molecule has 1 aromatic rings. The van der Waals surface area contributed by atoms with E-state index in [2.05, 4.69) is 23.1 Å². The van der Waals surface area contributed by atoms with Crippen molar-refractivity contribution in [2.45, 2.75) is 51.9 Å². The molecule has 1 heterocycles. The fraction of sp³-hybridized carbons (Fsp3) is 0.550. The fourth-order valence-electron chi connectivity index (χ4n) is 3.03. The quantitative estimate of drug-likeness (QED) is 0.576. The van der Waals surface area contributed by atoms with Gasteiger partial charge in [-0.05, 0) is 30.9 Å². The molecule has 0 saturated heterocycles. The van der Waals surface area contributed by atoms with Crippen LogP contribution in [0.25, 0.3) is 0 Å². The third-order valence-corrected chi connectivity index (χ3v) is 4.31. The van der Waals surface area contributed by atoms with E-state index in [-0.39, 0.29) is 6.09 Å². The summed E-state index contributed by atoms with van der Waals surface area (Å²) in [5, 5.41) is 2.82. The van der Waals surface area contributed by atoms with Crippen LogP contribution in [-0.4, -0.2) is 25.7 Å². The lowest BCUT2D eigenvalue weighted by atomic mass is 10.0. The number of ether oxygens (including phenoxy) is 1. The Morgan fingerprint density at radius 3 is 2.96 bits per heavy atom. The maximum absolute atomic E-state index is 11.9. The van der Waals surface area contributed by atoms with Gasteiger partial charge in [-0.2, -0.15) is 0 Å². The van der Waals surface area contributed by atoms with Gasteiger partial charge in [-0.3, -0.25) is 0 Å². The number of fused-ring (bicyclic) bond motifs is 1. The van der Waals surface area contributed by atoms with Crippen molar-refractivity contribution in [3.05, 3.63) is 23.8 Å². The SMILES string of the molecule is C#CCN1CCCc2ccc(OC(=O)NCCCCCCC)cc21. The molecule has 0 bridgehead atoms. The van der Waals surface area contributed by atoms with Crippen molar-refractivity contribution in [3.63, 3.8) is 0 Å². The molecule has 24 heavy (non-hydrogen) atoms. The smallest absolute Gasteiger partial charge is 0.410 e. The minimum Gasteiger partial charge on any atom is -0.410 e. The number of rotatable bonds is 8. The van der Waals surface area contributed by atoms with Gasteiger partial charge in [-0.1, -0.05) is 44.6 Å². The molecule has 0 aromatic heterocycles. The van der Waals surface area contributed by atoms with Gasteiger partial charge in [0, 0.05) is 24.8 Å². The van der Waals surface area contributed by atoms with Gasteiger partial charge >= 0.3 is 6.09 Å². The average Bonchev–Trinajstić information content (AvgIpc) is 2.59. The molecule has 130 valence electrons. The zero-order chi connectivity index (χ0) is 17.2. The van der Waals surface area contributed by atoms with Crippen LogP contribution in [0.5, 0.6) is 5.75 Å². The Kier molecular flexibility index (Phi) is 7.48. The molecule has 1 amide bonds. The van der Waals surface area contributed by atoms with Crippen molar-refractivity contribution in [2.75, 3.05) is 24.5 Å². The molecular weight excluding hydrogens is 300 g/mol. The molecule has 1 N–H and O–H groups in total. The zero-order valence-corrected chi connectivity index (χ0v) is 14.6. The van der Waals surface area contributed by atoms with Crippen LogP contribution in [0.4, 0.5) is 10.5 Å². The number of nitrogens with zero attached hydrogens (tertiary/aromatic N) is 1. The van der Waals surface area contributed by atoms with Crippen molar-refractivity contribution in [1.29, 1.82) is 0 Å². The van der Waals surface area contributed by atoms with Crippen LogP contribution < -0.4 is 15.0 Å². The Balaban J connectivity index is 1.83. The number of terminal acetylenes is 1. The first-order valence-electron chi connectivity index (χ1n) is 9.01. The van der Waals surface area contributed by atoms with Crippen molar-refractivity contribution in [2.24, 2.45) is 0 Å². The monoisotopic (exact) mass is 328 g/mol. The number of nitrogens with one attached hydrogen (secondary N) is 1. The number of carbonyl (C=O) groups is 1. The summed E-state index contributed by atoms with van der Waals surface area (Å²) >= 11 is 0. The minimum atomic E-state index is -0.384. The molecule has 0 radical (unpaired) electrons. The van der Waals surface area contributed by atoms with Gasteiger partial charge in [-0.25, -0.2) is 4.79 Å². The molecule has 0 unspecified atom stereocenters. The molecule has 0 fully saturated rings. The van der Waals surface area contributed by atoms with E-state index in [1.54, 1.807) is 0 Å². The molecular formula is C20H28N2O2. The summed E-state index contributed by atoms with van der Waals surface area (Å²) < 4.78 is 5.41. The lowest BCUT2D eigenvalue weighted by Crippen LogP contribution is -2.30. The second kappa shape index (κ2) is 9.87. The summed E-state index contributed by atoms with van der Waals surface area (Å²) in [6, 6.07) is 5.82. The molecule has 0 spiro atoms. The van der Waals surface area contributed by atoms with Gasteiger partial charge in [-0.15, -0.1) is 6.42 Å². The van der Waals surface area contributed by atoms with Crippen molar-refractivity contribution < 1.29 is 9.53 Å². The molecule has 1 aromatic carbocycles. The Bertz CT molecular complexity index is 577. The number of anilines is 1. The number of unbranched alkanes of at least 4 members (excludes halogenated alkanes) is 4. The summed E-state index contributed by atoms with van der Waals surface area (Å²) in [7, 11) is 0. The van der Waals surface area contributed by atoms with Gasteiger partial charge < -0.3 is 15.0 Å². The van der Waals surface area contributed by atoms with E-state index in [4.69, 9.17) is 11.2 Å². The standard InChI is InChI=1S/C20H28N2O2/c1-3-5-6-7-8-13-21-20(23)24-18-12-11-17-10-9-15-22(14-4-2)19(17)16-18/h2,11-12,16H,3,5-10,13-15H2,1H3,(H,21,23). The topological polar surface area (TPSA) is 41.6 Å². The van der Waals surface area contributed by atoms with Crippen LogP contribution in [0, 0.1) is 12.3 Å². The summed E-state index contributed by atoms with van der Waals surface area (Å²) in [6.07, 6.45) is 13.1. The first-order chi connectivity index (χ1) is 11.7. The highest BCUT2D eigenvalue weighted by Gasteiger charge is 2.17. The second-order valence-corrected chi connectivity index (χ2v) is 6.25. The minimum absolute atomic E-state index is 0.384. The van der Waals surface area contributed by atoms with E-state index < -0.39 is 0 Å². The van der Waals surface area contributed by atoms with Crippen molar-refractivity contribution >= 4 is 11.8 Å². The summed E-state index contributed by atoms with van der Waals surface area (Å²) in [6.45, 7) is 4.39.